The fourth-order valence-electron chi connectivity index (χ4n) is 2.16. The molecule has 1 atom stereocenters. The Morgan fingerprint density at radius 3 is 2.30 bits per heavy atom. The molecule has 144 valence electrons. The number of halogens is 2. The van der Waals surface area contributed by atoms with Gasteiger partial charge in [-0.05, 0) is 43.7 Å². The highest BCUT2D eigenvalue weighted by Gasteiger charge is 2.23. The van der Waals surface area contributed by atoms with E-state index in [2.05, 4.69) is 0 Å². The first-order valence-corrected chi connectivity index (χ1v) is 9.14. The quantitative estimate of drug-likeness (QED) is 0.749. The number of hydrogen-bond donors (Lipinski definition) is 2. The molecule has 7 nitrogen and oxygen atoms in total. The van der Waals surface area contributed by atoms with Crippen molar-refractivity contribution in [3.05, 3.63) is 59.2 Å². The van der Waals surface area contributed by atoms with Gasteiger partial charge >= 0.3 is 5.97 Å². The summed E-state index contributed by atoms with van der Waals surface area (Å²) in [6.45, 7) is 2.69. The van der Waals surface area contributed by atoms with Crippen LogP contribution in [-0.2, 0) is 19.6 Å². The summed E-state index contributed by atoms with van der Waals surface area (Å²) in [5.41, 5.74) is -0.492. The maximum absolute atomic E-state index is 13.6. The lowest BCUT2D eigenvalue weighted by atomic mass is 10.1. The van der Waals surface area contributed by atoms with Crippen molar-refractivity contribution < 1.29 is 31.5 Å². The van der Waals surface area contributed by atoms with Crippen molar-refractivity contribution in [1.29, 1.82) is 0 Å². The summed E-state index contributed by atoms with van der Waals surface area (Å²) in [4.78, 5) is 23.9. The zero-order valence-corrected chi connectivity index (χ0v) is 15.1. The molecule has 3 N–H and O–H groups in total. The normalized spacial score (nSPS) is 12.3. The molecule has 2 rings (SSSR count). The van der Waals surface area contributed by atoms with Gasteiger partial charge in [0.15, 0.2) is 6.10 Å². The van der Waals surface area contributed by atoms with Gasteiger partial charge < -0.3 is 10.1 Å². The highest BCUT2D eigenvalue weighted by molar-refractivity contribution is 7.89. The van der Waals surface area contributed by atoms with Gasteiger partial charge in [-0.15, -0.1) is 0 Å². The highest BCUT2D eigenvalue weighted by Crippen LogP contribution is 2.19. The average Bonchev–Trinajstić information content (AvgIpc) is 2.57. The Balaban J connectivity index is 2.15. The highest BCUT2D eigenvalue weighted by atomic mass is 32.2. The fourth-order valence-corrected chi connectivity index (χ4v) is 2.97. The van der Waals surface area contributed by atoms with Crippen LogP contribution in [0.1, 0.15) is 22.8 Å². The molecule has 0 radical (unpaired) electrons. The molecule has 0 aliphatic carbocycles. The van der Waals surface area contributed by atoms with Crippen molar-refractivity contribution >= 4 is 27.6 Å². The zero-order valence-electron chi connectivity index (χ0n) is 14.3. The number of ether oxygens (including phenoxy) is 1. The number of amides is 1. The van der Waals surface area contributed by atoms with Crippen molar-refractivity contribution in [2.24, 2.45) is 5.14 Å². The molecule has 0 spiro atoms. The van der Waals surface area contributed by atoms with Crippen LogP contribution in [0.4, 0.5) is 14.5 Å². The Labute approximate surface area is 154 Å². The van der Waals surface area contributed by atoms with Crippen molar-refractivity contribution in [2.45, 2.75) is 24.8 Å². The maximum Gasteiger partial charge on any atom is 0.338 e. The summed E-state index contributed by atoms with van der Waals surface area (Å²) in [6.07, 6.45) is -1.41. The number of carbonyl (C=O) groups is 2. The average molecular weight is 398 g/mol. The molecule has 0 saturated heterocycles. The fraction of sp³-hybridized carbons (Fsp3) is 0.176. The third kappa shape index (κ3) is 4.86. The Morgan fingerprint density at radius 2 is 1.74 bits per heavy atom. The summed E-state index contributed by atoms with van der Waals surface area (Å²) in [6, 6.07) is 6.72. The topological polar surface area (TPSA) is 116 Å². The number of sulfonamides is 1. The van der Waals surface area contributed by atoms with Crippen LogP contribution < -0.4 is 10.5 Å². The first kappa shape index (κ1) is 20.5. The number of nitrogens with one attached hydrogen (secondary N) is 1. The second-order valence-corrected chi connectivity index (χ2v) is 7.19. The molecule has 10 heteroatoms. The lowest BCUT2D eigenvalue weighted by Gasteiger charge is -2.15. The van der Waals surface area contributed by atoms with E-state index < -0.39 is 45.3 Å². The number of primary sulfonamides is 1. The number of rotatable bonds is 5. The smallest absolute Gasteiger partial charge is 0.338 e. The number of benzene rings is 2. The molecule has 1 unspecified atom stereocenters. The molecule has 0 aliphatic rings. The monoisotopic (exact) mass is 398 g/mol. The SMILES string of the molecule is Cc1ccc(C(=O)OC(C)C(=O)Nc2c(F)cccc2F)cc1S(N)(=O)=O. The minimum absolute atomic E-state index is 0.152. The number of anilines is 1. The van der Waals surface area contributed by atoms with Crippen molar-refractivity contribution in [2.75, 3.05) is 5.32 Å². The molecule has 0 fully saturated rings. The van der Waals surface area contributed by atoms with Gasteiger partial charge in [0.25, 0.3) is 5.91 Å². The predicted octanol–water partition coefficient (Wildman–Crippen LogP) is 2.10. The van der Waals surface area contributed by atoms with Crippen LogP contribution in [-0.4, -0.2) is 26.4 Å². The van der Waals surface area contributed by atoms with E-state index in [1.54, 1.807) is 0 Å². The Bertz CT molecular complexity index is 988. The summed E-state index contributed by atoms with van der Waals surface area (Å²) >= 11 is 0. The van der Waals surface area contributed by atoms with E-state index in [-0.39, 0.29) is 10.5 Å². The van der Waals surface area contributed by atoms with Crippen LogP contribution in [0.5, 0.6) is 0 Å². The summed E-state index contributed by atoms with van der Waals surface area (Å²) in [5, 5.41) is 7.07. The van der Waals surface area contributed by atoms with Crippen LogP contribution in [0.3, 0.4) is 0 Å². The summed E-state index contributed by atoms with van der Waals surface area (Å²) in [5.74, 6) is -3.95. The van der Waals surface area contributed by atoms with Crippen molar-refractivity contribution in [1.82, 2.24) is 0 Å². The summed E-state index contributed by atoms with van der Waals surface area (Å²) < 4.78 is 55.1. The van der Waals surface area contributed by atoms with Gasteiger partial charge in [-0.25, -0.2) is 27.1 Å². The van der Waals surface area contributed by atoms with Crippen LogP contribution in [0.25, 0.3) is 0 Å². The van der Waals surface area contributed by atoms with E-state index in [9.17, 15) is 26.8 Å². The predicted molar refractivity (Wildman–Crippen MR) is 92.4 cm³/mol. The van der Waals surface area contributed by atoms with Crippen LogP contribution in [0, 0.1) is 18.6 Å². The molecule has 0 bridgehead atoms. The van der Waals surface area contributed by atoms with Gasteiger partial charge in [-0.2, -0.15) is 0 Å². The number of para-hydroxylation sites is 1. The zero-order chi connectivity index (χ0) is 20.4. The number of aryl methyl sites for hydroxylation is 1. The lowest BCUT2D eigenvalue weighted by molar-refractivity contribution is -0.123. The first-order valence-electron chi connectivity index (χ1n) is 7.60. The standard InChI is InChI=1S/C17H16F2N2O5S/c1-9-6-7-11(8-14(9)27(20,24)25)17(23)26-10(2)16(22)21-15-12(18)4-3-5-13(15)19/h3-8,10H,1-2H3,(H,21,22)(H2,20,24,25). The molecule has 0 saturated carbocycles. The van der Waals surface area contributed by atoms with Gasteiger partial charge in [-0.1, -0.05) is 12.1 Å². The first-order chi connectivity index (χ1) is 12.5. The van der Waals surface area contributed by atoms with Gasteiger partial charge in [0.05, 0.1) is 10.5 Å². The van der Waals surface area contributed by atoms with Crippen LogP contribution in [0.2, 0.25) is 0 Å². The molecule has 0 heterocycles. The van der Waals surface area contributed by atoms with E-state index in [1.165, 1.54) is 26.0 Å². The largest absolute Gasteiger partial charge is 0.449 e. The van der Waals surface area contributed by atoms with Gasteiger partial charge in [-0.3, -0.25) is 4.79 Å². The number of carbonyl (C=O) groups excluding carboxylic acids is 2. The van der Waals surface area contributed by atoms with Gasteiger partial charge in [0.2, 0.25) is 10.0 Å². The third-order valence-corrected chi connectivity index (χ3v) is 4.65. The minimum atomic E-state index is -4.05. The molecule has 2 aromatic carbocycles. The number of hydrogen-bond acceptors (Lipinski definition) is 5. The van der Waals surface area contributed by atoms with Gasteiger partial charge in [0.1, 0.15) is 17.3 Å². The molecular weight excluding hydrogens is 382 g/mol. The van der Waals surface area contributed by atoms with E-state index in [0.29, 0.717) is 5.56 Å². The van der Waals surface area contributed by atoms with Crippen molar-refractivity contribution in [3.63, 3.8) is 0 Å². The molecule has 0 aromatic heterocycles. The maximum atomic E-state index is 13.6. The molecule has 1 amide bonds. The number of esters is 1. The van der Waals surface area contributed by atoms with E-state index in [4.69, 9.17) is 9.88 Å². The minimum Gasteiger partial charge on any atom is -0.449 e. The number of nitrogens with two attached hydrogens (primary N) is 1. The van der Waals surface area contributed by atoms with Crippen LogP contribution in [0.15, 0.2) is 41.3 Å². The van der Waals surface area contributed by atoms with Gasteiger partial charge in [0, 0.05) is 0 Å². The molecule has 27 heavy (non-hydrogen) atoms. The Hall–Kier alpha value is -2.85. The van der Waals surface area contributed by atoms with Crippen LogP contribution >= 0.6 is 0 Å². The summed E-state index contributed by atoms with van der Waals surface area (Å²) in [7, 11) is -4.05. The molecule has 0 aliphatic heterocycles. The second-order valence-electron chi connectivity index (χ2n) is 5.66. The molecule has 2 aromatic rings. The van der Waals surface area contributed by atoms with E-state index in [1.807, 2.05) is 5.32 Å². The van der Waals surface area contributed by atoms with Crippen molar-refractivity contribution in [3.8, 4) is 0 Å². The Morgan fingerprint density at radius 1 is 1.15 bits per heavy atom. The lowest BCUT2D eigenvalue weighted by Crippen LogP contribution is -2.30. The second kappa shape index (κ2) is 7.80. The Kier molecular flexibility index (Phi) is 5.91. The third-order valence-electron chi connectivity index (χ3n) is 3.59. The van der Waals surface area contributed by atoms with E-state index in [0.717, 1.165) is 24.3 Å². The molecular formula is C17H16F2N2O5S. The van der Waals surface area contributed by atoms with E-state index >= 15 is 0 Å².